The third-order valence-corrected chi connectivity index (χ3v) is 20.4. The number of rotatable bonds is 37. The number of aliphatic hydroxyl groups is 2. The molecule has 3 heterocycles. The molecule has 6 rings (SSSR count). The van der Waals surface area contributed by atoms with E-state index in [1.165, 1.54) is 44.5 Å². The average molecular weight is 1720 g/mol. The number of nitrogens with zero attached hydrogens (tertiary/aromatic N) is 4. The molecule has 1 fully saturated rings. The summed E-state index contributed by atoms with van der Waals surface area (Å²) in [6, 6.07) is 9.45. The van der Waals surface area contributed by atoms with E-state index in [0.717, 1.165) is 11.6 Å². The van der Waals surface area contributed by atoms with Crippen LogP contribution < -0.4 is 92.5 Å². The molecule has 0 aliphatic carbocycles. The number of amides is 13. The fraction of sp³-hybridized carbons (Fsp3) is 0.494. The van der Waals surface area contributed by atoms with Crippen molar-refractivity contribution in [3.05, 3.63) is 120 Å². The highest BCUT2D eigenvalue weighted by atomic mass is 32.2. The molecule has 1 saturated heterocycles. The molecule has 122 heavy (non-hydrogen) atoms. The third-order valence-electron chi connectivity index (χ3n) is 19.3. The maximum absolute atomic E-state index is 15.3. The number of aromatic nitrogens is 3. The molecule has 0 spiro atoms. The van der Waals surface area contributed by atoms with Crippen molar-refractivity contribution in [1.82, 2.24) is 83.5 Å². The highest BCUT2D eigenvalue weighted by Crippen LogP contribution is 2.34. The molecule has 0 radical (unpaired) electrons. The largest absolute Gasteiger partial charge is 0.480 e. The number of carbonyl (C=O) groups is 15. The summed E-state index contributed by atoms with van der Waals surface area (Å²) in [7, 11) is 1.50. The van der Waals surface area contributed by atoms with E-state index in [1.54, 1.807) is 123 Å². The highest BCUT2D eigenvalue weighted by molar-refractivity contribution is 7.99. The summed E-state index contributed by atoms with van der Waals surface area (Å²) in [6.07, 6.45) is -1.25. The number of hydrogen-bond acceptors (Lipinski definition) is 26. The van der Waals surface area contributed by atoms with E-state index in [2.05, 4.69) is 68.8 Å². The number of ether oxygens (including phenoxy) is 1. The highest BCUT2D eigenvalue weighted by Gasteiger charge is 2.40. The predicted octanol–water partition coefficient (Wildman–Crippen LogP) is -3.02. The Balaban J connectivity index is 1.24. The fourth-order valence-corrected chi connectivity index (χ4v) is 13.7. The Bertz CT molecular complexity index is 4480. The Kier molecular flexibility index (Phi) is 39.9. The van der Waals surface area contributed by atoms with Gasteiger partial charge in [0.1, 0.15) is 67.0 Å². The lowest BCUT2D eigenvalue weighted by atomic mass is 9.93. The van der Waals surface area contributed by atoms with E-state index in [1.807, 2.05) is 0 Å². The van der Waals surface area contributed by atoms with Gasteiger partial charge in [-0.25, -0.2) is 4.79 Å². The summed E-state index contributed by atoms with van der Waals surface area (Å²) < 4.78 is 6.76. The van der Waals surface area contributed by atoms with E-state index >= 15 is 4.79 Å². The van der Waals surface area contributed by atoms with Crippen LogP contribution in [-0.2, 0) is 73.5 Å². The minimum absolute atomic E-state index is 0.00636. The van der Waals surface area contributed by atoms with Gasteiger partial charge >= 0.3 is 18.0 Å². The van der Waals surface area contributed by atoms with Crippen LogP contribution in [0.4, 0.5) is 4.79 Å². The van der Waals surface area contributed by atoms with Crippen LogP contribution in [0.25, 0.3) is 23.1 Å². The third kappa shape index (κ3) is 30.7. The van der Waals surface area contributed by atoms with Gasteiger partial charge in [0.2, 0.25) is 65.0 Å². The van der Waals surface area contributed by atoms with E-state index < -0.39 is 194 Å². The molecular formula is C81H115N21O19S. The van der Waals surface area contributed by atoms with Crippen molar-refractivity contribution < 1.29 is 92.0 Å². The second-order valence-corrected chi connectivity index (χ2v) is 31.3. The number of nitrogens with one attached hydrogen (secondary N) is 12. The smallest absolute Gasteiger partial charge is 0.345 e. The van der Waals surface area contributed by atoms with Crippen molar-refractivity contribution in [2.75, 3.05) is 66.0 Å². The zero-order chi connectivity index (χ0) is 89.9. The Morgan fingerprint density at radius 1 is 0.680 bits per heavy atom. The quantitative estimate of drug-likeness (QED) is 0.0176. The van der Waals surface area contributed by atoms with Crippen LogP contribution in [-0.4, -0.2) is 262 Å². The van der Waals surface area contributed by atoms with Crippen molar-refractivity contribution in [2.24, 2.45) is 40.0 Å². The minimum Gasteiger partial charge on any atom is -0.480 e. The first-order chi connectivity index (χ1) is 58.0. The Labute approximate surface area is 709 Å². The molecule has 1 aliphatic rings. The fourth-order valence-electron chi connectivity index (χ4n) is 12.7. The molecule has 0 bridgehead atoms. The minimum atomic E-state index is -1.84. The molecule has 2 aromatic heterocycles. The Morgan fingerprint density at radius 2 is 1.28 bits per heavy atom. The number of carboxylic acid groups (broad SMARTS) is 1. The second-order valence-electron chi connectivity index (χ2n) is 30.2. The number of benzene rings is 3. The monoisotopic (exact) mass is 1720 g/mol. The summed E-state index contributed by atoms with van der Waals surface area (Å²) >= 11 is 1.24. The Hall–Kier alpha value is -11.9. The Morgan fingerprint density at radius 3 is 1.88 bits per heavy atom. The number of nitrogens with two attached hydrogens (primary N) is 5. The molecule has 13 amide bonds. The van der Waals surface area contributed by atoms with Crippen molar-refractivity contribution in [2.45, 2.75) is 188 Å². The van der Waals surface area contributed by atoms with Crippen molar-refractivity contribution in [1.29, 1.82) is 0 Å². The first-order valence-electron chi connectivity index (χ1n) is 40.1. The van der Waals surface area contributed by atoms with Gasteiger partial charge in [-0.3, -0.25) is 72.1 Å². The van der Waals surface area contributed by atoms with Gasteiger partial charge < -0.3 is 117 Å². The molecule has 41 heteroatoms. The van der Waals surface area contributed by atoms with Gasteiger partial charge in [0.15, 0.2) is 0 Å². The number of aliphatic carboxylic acids is 1. The maximum atomic E-state index is 15.3. The van der Waals surface area contributed by atoms with E-state index in [4.69, 9.17) is 38.5 Å². The summed E-state index contributed by atoms with van der Waals surface area (Å²) in [4.78, 5) is 217. The molecule has 12 atom stereocenters. The standard InChI is InChI=1S/C81H115N21O19S/c1-45(2)41-60-74(113)93-55(26-32-82)69(108)92-58(29-35-85)73(112)99-66(46(3)103)76(115)90-37-30-59(72(111)91-56(27-33-83)71(110)97-61(75(114)96-60)42-48-15-9-8-10-16-48)94-70(109)57(28-34-84)95-77(116)67(47(4)104)98-65(106)31-40-121-79(119)81(5,6)44-101(39-38-89-64(105)25-23-53(86)78(117)118)80(120)102-62-43-50(122-63-19-12-11-18-52(63)68(107)87-7)21-22-51(62)54(100-102)24-20-49-17-13-14-36-88-49/h8-22,24,36,43,45-47,53,55-61,66-67,103-104H,23,25-35,37-42,44,82-86H2,1-7H3,(H,87,107)(H,89,105)(H,90,115)(H,91,111)(H,92,108)(H,93,113)(H,94,109)(H,95,116)(H,96,114)(H,97,110)(H,98,106)(H,99,112)(H,117,118)/b24-20+/t46-,47+,53-,55+,56+,57+,58+,59+,60+,61-,66+,67+/m1/s1. The van der Waals surface area contributed by atoms with Crippen LogP contribution in [0.1, 0.15) is 127 Å². The number of aliphatic hydroxyl groups excluding tert-OH is 2. The van der Waals surface area contributed by atoms with E-state index in [-0.39, 0.29) is 108 Å². The summed E-state index contributed by atoms with van der Waals surface area (Å²) in [6.45, 7) is 5.73. The molecule has 5 aromatic rings. The lowest BCUT2D eigenvalue weighted by Crippen LogP contribution is -2.61. The first kappa shape index (κ1) is 99.0. The summed E-state index contributed by atoms with van der Waals surface area (Å²) in [5.74, 6) is -13.4. The summed E-state index contributed by atoms with van der Waals surface area (Å²) in [5, 5.41) is 67.1. The molecule has 40 nitrogen and oxygen atoms in total. The number of esters is 1. The van der Waals surface area contributed by atoms with E-state index in [9.17, 15) is 82.4 Å². The molecule has 3 aromatic carbocycles. The summed E-state index contributed by atoms with van der Waals surface area (Å²) in [5.41, 5.74) is 29.9. The van der Waals surface area contributed by atoms with Gasteiger partial charge in [0.25, 0.3) is 5.91 Å². The van der Waals surface area contributed by atoms with E-state index in [0.29, 0.717) is 37.7 Å². The number of fused-ring (bicyclic) bond motifs is 1. The van der Waals surface area contributed by atoms with Crippen LogP contribution >= 0.6 is 11.8 Å². The normalized spacial score (nSPS) is 19.3. The first-order valence-corrected chi connectivity index (χ1v) is 40.9. The molecule has 25 N–H and O–H groups in total. The van der Waals surface area contributed by atoms with Crippen LogP contribution in [0.15, 0.2) is 107 Å². The van der Waals surface area contributed by atoms with Gasteiger partial charge in [-0.1, -0.05) is 74.1 Å². The molecule has 1 aliphatic heterocycles. The van der Waals surface area contributed by atoms with Gasteiger partial charge in [-0.2, -0.15) is 9.78 Å². The lowest BCUT2D eigenvalue weighted by Gasteiger charge is -2.31. The maximum Gasteiger partial charge on any atom is 0.345 e. The number of carboxylic acids is 1. The predicted molar refractivity (Wildman–Crippen MR) is 449 cm³/mol. The van der Waals surface area contributed by atoms with Crippen molar-refractivity contribution >= 4 is 124 Å². The number of pyridine rings is 1. The number of hydrogen-bond donors (Lipinski definition) is 20. The van der Waals surface area contributed by atoms with Gasteiger partial charge in [0.05, 0.1) is 46.5 Å². The SMILES string of the molecule is CNC(=O)c1ccccc1Sc1ccc2c(/C=C/c3ccccn3)nn(C(=O)N(CCNC(=O)CC[C@@H](N)C(=O)O)CC(C)(C)C(=O)OCCC(=O)N[C@H](C(=O)N[C@@H](CCN)C(=O)N[C@H]3CCNC(=O)[C@H]([C@@H](C)O)NC(=O)[C@H](CCN)NC(=O)[C@H](CCN)NC(=O)[C@H](CC(C)C)NC(=O)[C@@H](Cc4ccccc4)NC(=O)[C@H](CCN)NC3=O)[C@H](C)O)c2c1. The van der Waals surface area contributed by atoms with Gasteiger partial charge in [-0.15, -0.1) is 0 Å². The van der Waals surface area contributed by atoms with Crippen molar-refractivity contribution in [3.63, 3.8) is 0 Å². The number of carbonyl (C=O) groups excluding carboxylic acids is 14. The zero-order valence-electron chi connectivity index (χ0n) is 69.3. The zero-order valence-corrected chi connectivity index (χ0v) is 70.1. The van der Waals surface area contributed by atoms with Crippen LogP contribution in [0.5, 0.6) is 0 Å². The molecule has 0 unspecified atom stereocenters. The molecule has 664 valence electrons. The topological polar surface area (TPSA) is 634 Å². The van der Waals surface area contributed by atoms with Crippen molar-refractivity contribution in [3.8, 4) is 0 Å². The molecule has 0 saturated carbocycles. The van der Waals surface area contributed by atoms with Crippen LogP contribution in [0.2, 0.25) is 0 Å². The molecular weight excluding hydrogens is 1600 g/mol. The van der Waals surface area contributed by atoms with Gasteiger partial charge in [-0.05, 0) is 165 Å². The lowest BCUT2D eigenvalue weighted by molar-refractivity contribution is -0.155. The van der Waals surface area contributed by atoms with Crippen LogP contribution in [0, 0.1) is 11.3 Å². The average Bonchev–Trinajstić information content (AvgIpc) is 1.62. The van der Waals surface area contributed by atoms with Crippen LogP contribution in [0.3, 0.4) is 0 Å². The second kappa shape index (κ2) is 49.2. The van der Waals surface area contributed by atoms with Gasteiger partial charge in [0, 0.05) is 67.4 Å².